The van der Waals surface area contributed by atoms with Crippen LogP contribution in [0.3, 0.4) is 0 Å². The van der Waals surface area contributed by atoms with Gasteiger partial charge in [-0.2, -0.15) is 0 Å². The van der Waals surface area contributed by atoms with Gasteiger partial charge in [0, 0.05) is 0 Å². The molecule has 0 saturated carbocycles. The van der Waals surface area contributed by atoms with E-state index in [1.807, 2.05) is 32.9 Å². The van der Waals surface area contributed by atoms with Gasteiger partial charge in [-0.3, -0.25) is 0 Å². The van der Waals surface area contributed by atoms with Gasteiger partial charge in [0.05, 0.1) is 12.7 Å². The monoisotopic (exact) mass is 342 g/mol. The van der Waals surface area contributed by atoms with Crippen LogP contribution in [0.15, 0.2) is 36.4 Å². The molecule has 0 aliphatic rings. The average molecular weight is 342 g/mol. The molecule has 0 aromatic heterocycles. The molecule has 5 heteroatoms. The molecule has 2 aromatic rings. The van der Waals surface area contributed by atoms with Gasteiger partial charge >= 0.3 is 11.9 Å². The minimum atomic E-state index is -0.448. The highest BCUT2D eigenvalue weighted by Gasteiger charge is 2.10. The molecule has 0 atom stereocenters. The number of ether oxygens (including phenoxy) is 3. The molecule has 0 N–H and O–H groups in total. The molecule has 25 heavy (non-hydrogen) atoms. The Morgan fingerprint density at radius 2 is 1.56 bits per heavy atom. The van der Waals surface area contributed by atoms with Gasteiger partial charge in [0.15, 0.2) is 6.61 Å². The Morgan fingerprint density at radius 1 is 0.960 bits per heavy atom. The second-order valence-corrected chi connectivity index (χ2v) is 5.87. The first-order valence-electron chi connectivity index (χ1n) is 7.94. The van der Waals surface area contributed by atoms with Gasteiger partial charge in [0.1, 0.15) is 12.4 Å². The van der Waals surface area contributed by atoms with Crippen LogP contribution in [0.4, 0.5) is 0 Å². The molecule has 0 unspecified atom stereocenters. The van der Waals surface area contributed by atoms with Crippen LogP contribution < -0.4 is 4.74 Å². The van der Waals surface area contributed by atoms with E-state index < -0.39 is 11.9 Å². The smallest absolute Gasteiger partial charge is 0.344 e. The number of benzene rings is 2. The van der Waals surface area contributed by atoms with Gasteiger partial charge in [-0.15, -0.1) is 0 Å². The van der Waals surface area contributed by atoms with Crippen LogP contribution in [0.1, 0.15) is 32.6 Å². The van der Waals surface area contributed by atoms with Crippen molar-refractivity contribution < 1.29 is 23.8 Å². The van der Waals surface area contributed by atoms with E-state index in [2.05, 4.69) is 4.74 Å². The molecule has 0 saturated heterocycles. The summed E-state index contributed by atoms with van der Waals surface area (Å²) in [6.45, 7) is 5.89. The molecule has 0 bridgehead atoms. The Balaban J connectivity index is 1.86. The zero-order valence-electron chi connectivity index (χ0n) is 14.9. The largest absolute Gasteiger partial charge is 0.481 e. The lowest BCUT2D eigenvalue weighted by Crippen LogP contribution is -2.15. The van der Waals surface area contributed by atoms with Crippen LogP contribution in [0.25, 0.3) is 0 Å². The van der Waals surface area contributed by atoms with E-state index in [1.165, 1.54) is 7.11 Å². The Kier molecular flexibility index (Phi) is 6.17. The first-order chi connectivity index (χ1) is 11.9. The zero-order valence-corrected chi connectivity index (χ0v) is 14.9. The summed E-state index contributed by atoms with van der Waals surface area (Å²) in [5.74, 6) is -0.137. The minimum Gasteiger partial charge on any atom is -0.481 e. The van der Waals surface area contributed by atoms with Crippen molar-refractivity contribution in [2.75, 3.05) is 13.7 Å². The van der Waals surface area contributed by atoms with E-state index >= 15 is 0 Å². The van der Waals surface area contributed by atoms with Crippen molar-refractivity contribution in [3.63, 3.8) is 0 Å². The maximum atomic E-state index is 11.9. The van der Waals surface area contributed by atoms with Crippen LogP contribution in [0.2, 0.25) is 0 Å². The molecule has 0 aliphatic carbocycles. The Labute approximate surface area is 147 Å². The van der Waals surface area contributed by atoms with Gasteiger partial charge in [-0.05, 0) is 49.6 Å². The standard InChI is InChI=1S/C20H22O5/c1-13-9-14(2)19(15(3)10-13)25-12-18(21)24-11-16-5-7-17(8-6-16)20(22)23-4/h5-10H,11-12H2,1-4H3. The Hall–Kier alpha value is -2.82. The summed E-state index contributed by atoms with van der Waals surface area (Å²) in [6.07, 6.45) is 0. The average Bonchev–Trinajstić information content (AvgIpc) is 2.58. The number of rotatable bonds is 6. The summed E-state index contributed by atoms with van der Waals surface area (Å²) < 4.78 is 15.4. The molecule has 0 aliphatic heterocycles. The summed E-state index contributed by atoms with van der Waals surface area (Å²) in [5.41, 5.74) is 4.36. The van der Waals surface area contributed by atoms with Crippen LogP contribution in [0, 0.1) is 20.8 Å². The molecular formula is C20H22O5. The summed E-state index contributed by atoms with van der Waals surface area (Å²) in [5, 5.41) is 0. The highest BCUT2D eigenvalue weighted by atomic mass is 16.6. The summed E-state index contributed by atoms with van der Waals surface area (Å²) in [7, 11) is 1.33. The number of carbonyl (C=O) groups excluding carboxylic acids is 2. The van der Waals surface area contributed by atoms with Crippen LogP contribution >= 0.6 is 0 Å². The molecule has 0 amide bonds. The first-order valence-corrected chi connectivity index (χ1v) is 7.94. The van der Waals surface area contributed by atoms with Crippen molar-refractivity contribution in [2.45, 2.75) is 27.4 Å². The molecule has 132 valence electrons. The normalized spacial score (nSPS) is 10.2. The predicted molar refractivity (Wildman–Crippen MR) is 93.7 cm³/mol. The number of hydrogen-bond donors (Lipinski definition) is 0. The molecule has 0 fully saturated rings. The van der Waals surface area contributed by atoms with Gasteiger partial charge in [-0.25, -0.2) is 9.59 Å². The molecule has 0 radical (unpaired) electrons. The highest BCUT2D eigenvalue weighted by molar-refractivity contribution is 5.89. The predicted octanol–water partition coefficient (Wildman–Crippen LogP) is 3.52. The first kappa shape index (κ1) is 18.5. The van der Waals surface area contributed by atoms with Crippen molar-refractivity contribution in [1.82, 2.24) is 0 Å². The molecule has 5 nitrogen and oxygen atoms in total. The summed E-state index contributed by atoms with van der Waals surface area (Å²) in [4.78, 5) is 23.2. The van der Waals surface area contributed by atoms with Crippen LogP contribution in [-0.2, 0) is 20.9 Å². The van der Waals surface area contributed by atoms with E-state index in [-0.39, 0.29) is 13.2 Å². The molecule has 2 rings (SSSR count). The summed E-state index contributed by atoms with van der Waals surface area (Å²) in [6, 6.07) is 10.7. The van der Waals surface area contributed by atoms with Crippen molar-refractivity contribution in [3.8, 4) is 5.75 Å². The second-order valence-electron chi connectivity index (χ2n) is 5.87. The number of aryl methyl sites for hydroxylation is 3. The van der Waals surface area contributed by atoms with Crippen LogP contribution in [0.5, 0.6) is 5.75 Å². The lowest BCUT2D eigenvalue weighted by atomic mass is 10.1. The molecule has 0 heterocycles. The minimum absolute atomic E-state index is 0.121. The van der Waals surface area contributed by atoms with Gasteiger partial charge in [0.25, 0.3) is 0 Å². The fraction of sp³-hybridized carbons (Fsp3) is 0.300. The third-order valence-electron chi connectivity index (χ3n) is 3.71. The number of carbonyl (C=O) groups is 2. The highest BCUT2D eigenvalue weighted by Crippen LogP contribution is 2.24. The number of esters is 2. The molecule has 2 aromatic carbocycles. The number of hydrogen-bond acceptors (Lipinski definition) is 5. The number of methoxy groups -OCH3 is 1. The van der Waals surface area contributed by atoms with E-state index in [0.29, 0.717) is 11.3 Å². The quantitative estimate of drug-likeness (QED) is 0.752. The van der Waals surface area contributed by atoms with Crippen molar-refractivity contribution in [3.05, 3.63) is 64.2 Å². The third-order valence-corrected chi connectivity index (χ3v) is 3.71. The SMILES string of the molecule is COC(=O)c1ccc(COC(=O)COc2c(C)cc(C)cc2C)cc1. The van der Waals surface area contributed by atoms with E-state index in [0.717, 1.165) is 22.3 Å². The van der Waals surface area contributed by atoms with E-state index in [1.54, 1.807) is 24.3 Å². The second kappa shape index (κ2) is 8.33. The fourth-order valence-electron chi connectivity index (χ4n) is 2.59. The Morgan fingerprint density at radius 3 is 2.12 bits per heavy atom. The maximum Gasteiger partial charge on any atom is 0.344 e. The topological polar surface area (TPSA) is 61.8 Å². The Bertz CT molecular complexity index is 739. The van der Waals surface area contributed by atoms with Crippen LogP contribution in [-0.4, -0.2) is 25.7 Å². The fourth-order valence-corrected chi connectivity index (χ4v) is 2.59. The summed E-state index contributed by atoms with van der Waals surface area (Å²) >= 11 is 0. The van der Waals surface area contributed by atoms with E-state index in [4.69, 9.17) is 9.47 Å². The van der Waals surface area contributed by atoms with Crippen molar-refractivity contribution in [1.29, 1.82) is 0 Å². The third kappa shape index (κ3) is 5.08. The van der Waals surface area contributed by atoms with Gasteiger partial charge in [-0.1, -0.05) is 29.8 Å². The van der Waals surface area contributed by atoms with E-state index in [9.17, 15) is 9.59 Å². The zero-order chi connectivity index (χ0) is 18.4. The van der Waals surface area contributed by atoms with Gasteiger partial charge < -0.3 is 14.2 Å². The lowest BCUT2D eigenvalue weighted by Gasteiger charge is -2.13. The lowest BCUT2D eigenvalue weighted by molar-refractivity contribution is -0.147. The molecular weight excluding hydrogens is 320 g/mol. The van der Waals surface area contributed by atoms with Crippen molar-refractivity contribution in [2.24, 2.45) is 0 Å². The molecule has 0 spiro atoms. The van der Waals surface area contributed by atoms with Gasteiger partial charge in [0.2, 0.25) is 0 Å². The van der Waals surface area contributed by atoms with Crippen molar-refractivity contribution >= 4 is 11.9 Å². The maximum absolute atomic E-state index is 11.9.